The molecule has 0 aliphatic carbocycles. The van der Waals surface area contributed by atoms with E-state index in [2.05, 4.69) is 24.1 Å². The first-order valence-electron chi connectivity index (χ1n) is 7.15. The molecule has 1 aromatic heterocycles. The Balaban J connectivity index is 2.16. The van der Waals surface area contributed by atoms with Crippen LogP contribution in [0.5, 0.6) is 0 Å². The van der Waals surface area contributed by atoms with Crippen molar-refractivity contribution in [1.82, 2.24) is 10.3 Å². The summed E-state index contributed by atoms with van der Waals surface area (Å²) in [5, 5.41) is 12.9. The number of aromatic nitrogens is 1. The third-order valence-corrected chi connectivity index (χ3v) is 3.41. The predicted molar refractivity (Wildman–Crippen MR) is 81.7 cm³/mol. The number of aromatic amines is 1. The molecule has 0 bridgehead atoms. The number of hydrogen-bond acceptors (Lipinski definition) is 3. The number of benzene rings is 1. The summed E-state index contributed by atoms with van der Waals surface area (Å²) in [7, 11) is 0. The van der Waals surface area contributed by atoms with E-state index in [1.54, 1.807) is 6.07 Å². The molecule has 3 N–H and O–H groups in total. The Hall–Kier alpha value is -1.72. The van der Waals surface area contributed by atoms with Gasteiger partial charge in [0.15, 0.2) is 5.43 Å². The maximum atomic E-state index is 13.1. The number of fused-ring (bicyclic) bond motifs is 1. The van der Waals surface area contributed by atoms with Gasteiger partial charge >= 0.3 is 0 Å². The highest BCUT2D eigenvalue weighted by Gasteiger charge is 2.10. The van der Waals surface area contributed by atoms with Crippen LogP contribution in [-0.2, 0) is 6.54 Å². The maximum absolute atomic E-state index is 13.1. The summed E-state index contributed by atoms with van der Waals surface area (Å²) in [4.78, 5) is 15.1. The molecule has 0 saturated carbocycles. The van der Waals surface area contributed by atoms with Crippen LogP contribution in [0.25, 0.3) is 10.9 Å². The first kappa shape index (κ1) is 15.7. The van der Waals surface area contributed by atoms with E-state index in [4.69, 9.17) is 0 Å². The van der Waals surface area contributed by atoms with Gasteiger partial charge in [-0.25, -0.2) is 4.39 Å². The molecule has 0 unspecified atom stereocenters. The highest BCUT2D eigenvalue weighted by Crippen LogP contribution is 2.11. The van der Waals surface area contributed by atoms with E-state index in [1.165, 1.54) is 18.2 Å². The lowest BCUT2D eigenvalue weighted by molar-refractivity contribution is 0.223. The molecule has 114 valence electrons. The highest BCUT2D eigenvalue weighted by molar-refractivity contribution is 5.78. The number of pyridine rings is 1. The second kappa shape index (κ2) is 6.83. The van der Waals surface area contributed by atoms with E-state index in [-0.39, 0.29) is 18.1 Å². The van der Waals surface area contributed by atoms with Crippen LogP contribution >= 0.6 is 0 Å². The van der Waals surface area contributed by atoms with Crippen molar-refractivity contribution in [3.63, 3.8) is 0 Å². The third-order valence-electron chi connectivity index (χ3n) is 3.41. The Morgan fingerprint density at radius 2 is 2.10 bits per heavy atom. The zero-order valence-corrected chi connectivity index (χ0v) is 12.3. The number of hydrogen-bond donors (Lipinski definition) is 3. The Morgan fingerprint density at radius 1 is 1.33 bits per heavy atom. The van der Waals surface area contributed by atoms with Crippen LogP contribution in [0.15, 0.2) is 29.1 Å². The van der Waals surface area contributed by atoms with Gasteiger partial charge in [0.1, 0.15) is 5.82 Å². The van der Waals surface area contributed by atoms with Crippen molar-refractivity contribution in [2.24, 2.45) is 5.92 Å². The monoisotopic (exact) mass is 292 g/mol. The number of nitrogens with one attached hydrogen (secondary N) is 2. The quantitative estimate of drug-likeness (QED) is 0.764. The lowest BCUT2D eigenvalue weighted by Crippen LogP contribution is -2.33. The van der Waals surface area contributed by atoms with E-state index in [9.17, 15) is 14.3 Å². The van der Waals surface area contributed by atoms with Crippen LogP contribution < -0.4 is 10.7 Å². The highest BCUT2D eigenvalue weighted by atomic mass is 19.1. The summed E-state index contributed by atoms with van der Waals surface area (Å²) in [6, 6.07) is 5.59. The first-order valence-corrected chi connectivity index (χ1v) is 7.15. The second-order valence-electron chi connectivity index (χ2n) is 5.74. The van der Waals surface area contributed by atoms with Crippen LogP contribution in [0, 0.1) is 11.7 Å². The van der Waals surface area contributed by atoms with Gasteiger partial charge in [0.25, 0.3) is 0 Å². The lowest BCUT2D eigenvalue weighted by atomic mass is 10.0. The molecule has 21 heavy (non-hydrogen) atoms. The molecule has 0 spiro atoms. The largest absolute Gasteiger partial charge is 0.395 e. The molecule has 1 aromatic carbocycles. The zero-order valence-electron chi connectivity index (χ0n) is 12.3. The molecule has 1 atom stereocenters. The van der Waals surface area contributed by atoms with Gasteiger partial charge in [0.05, 0.1) is 6.61 Å². The minimum absolute atomic E-state index is 0.00239. The van der Waals surface area contributed by atoms with Crippen LogP contribution in [0.4, 0.5) is 4.39 Å². The van der Waals surface area contributed by atoms with E-state index >= 15 is 0 Å². The summed E-state index contributed by atoms with van der Waals surface area (Å²) in [5.41, 5.74) is 1.14. The average molecular weight is 292 g/mol. The van der Waals surface area contributed by atoms with Crippen molar-refractivity contribution in [2.45, 2.75) is 32.9 Å². The van der Waals surface area contributed by atoms with Gasteiger partial charge in [-0.2, -0.15) is 0 Å². The molecule has 0 saturated heterocycles. The fraction of sp³-hybridized carbons (Fsp3) is 0.438. The molecular weight excluding hydrogens is 271 g/mol. The molecule has 1 heterocycles. The van der Waals surface area contributed by atoms with E-state index in [0.29, 0.717) is 23.4 Å². The van der Waals surface area contributed by atoms with Gasteiger partial charge in [-0.1, -0.05) is 13.8 Å². The Morgan fingerprint density at radius 3 is 2.76 bits per heavy atom. The molecule has 0 aliphatic rings. The Bertz CT molecular complexity index is 667. The number of rotatable bonds is 6. The van der Waals surface area contributed by atoms with Gasteiger partial charge in [-0.05, 0) is 30.5 Å². The summed E-state index contributed by atoms with van der Waals surface area (Å²) < 4.78 is 13.1. The van der Waals surface area contributed by atoms with E-state index in [1.807, 2.05) is 0 Å². The van der Waals surface area contributed by atoms with Crippen molar-refractivity contribution in [2.75, 3.05) is 6.61 Å². The normalized spacial score (nSPS) is 13.0. The number of halogens is 1. The number of aliphatic hydroxyl groups excluding tert-OH is 1. The smallest absolute Gasteiger partial charge is 0.189 e. The van der Waals surface area contributed by atoms with Gasteiger partial charge in [-0.3, -0.25) is 4.79 Å². The summed E-state index contributed by atoms with van der Waals surface area (Å²) >= 11 is 0. The van der Waals surface area contributed by atoms with Gasteiger partial charge in [0, 0.05) is 35.2 Å². The second-order valence-corrected chi connectivity index (χ2v) is 5.74. The zero-order chi connectivity index (χ0) is 15.4. The Labute approximate surface area is 123 Å². The van der Waals surface area contributed by atoms with Gasteiger partial charge < -0.3 is 15.4 Å². The molecule has 0 amide bonds. The minimum Gasteiger partial charge on any atom is -0.395 e. The standard InChI is InChI=1S/C16H21FN2O2/c1-10(2)5-13(9-20)18-8-12-7-16(21)14-6-11(17)3-4-15(14)19-12/h3-4,6-7,10,13,18,20H,5,8-9H2,1-2H3,(H,19,21)/t13-/m1/s1. The number of aliphatic hydroxyl groups is 1. The van der Waals surface area contributed by atoms with Crippen LogP contribution in [0.2, 0.25) is 0 Å². The predicted octanol–water partition coefficient (Wildman–Crippen LogP) is 2.16. The molecule has 2 aromatic rings. The van der Waals surface area contributed by atoms with Crippen molar-refractivity contribution in [3.8, 4) is 0 Å². The molecule has 0 aliphatic heterocycles. The summed E-state index contributed by atoms with van der Waals surface area (Å²) in [5.74, 6) is 0.0597. The van der Waals surface area contributed by atoms with Crippen molar-refractivity contribution >= 4 is 10.9 Å². The number of H-pyrrole nitrogens is 1. The minimum atomic E-state index is -0.420. The fourth-order valence-corrected chi connectivity index (χ4v) is 2.42. The van der Waals surface area contributed by atoms with E-state index < -0.39 is 5.82 Å². The lowest BCUT2D eigenvalue weighted by Gasteiger charge is -2.18. The topological polar surface area (TPSA) is 65.1 Å². The summed E-state index contributed by atoms with van der Waals surface area (Å²) in [6.45, 7) is 4.70. The van der Waals surface area contributed by atoms with Crippen LogP contribution in [0.1, 0.15) is 26.0 Å². The SMILES string of the molecule is CC(C)C[C@H](CO)NCc1cc(=O)c2cc(F)ccc2[nH]1. The van der Waals surface area contributed by atoms with Crippen molar-refractivity contribution in [3.05, 3.63) is 46.0 Å². The Kier molecular flexibility index (Phi) is 5.09. The molecule has 2 rings (SSSR count). The molecule has 4 nitrogen and oxygen atoms in total. The maximum Gasteiger partial charge on any atom is 0.189 e. The molecule has 0 fully saturated rings. The van der Waals surface area contributed by atoms with Crippen molar-refractivity contribution in [1.29, 1.82) is 0 Å². The van der Waals surface area contributed by atoms with E-state index in [0.717, 1.165) is 12.1 Å². The third kappa shape index (κ3) is 4.12. The van der Waals surface area contributed by atoms with Crippen LogP contribution in [-0.4, -0.2) is 22.7 Å². The first-order chi connectivity index (χ1) is 9.99. The molecule has 5 heteroatoms. The van der Waals surface area contributed by atoms with Crippen molar-refractivity contribution < 1.29 is 9.50 Å². The average Bonchev–Trinajstić information content (AvgIpc) is 2.44. The molecular formula is C16H21FN2O2. The summed E-state index contributed by atoms with van der Waals surface area (Å²) in [6.07, 6.45) is 0.861. The van der Waals surface area contributed by atoms with Gasteiger partial charge in [-0.15, -0.1) is 0 Å². The van der Waals surface area contributed by atoms with Gasteiger partial charge in [0.2, 0.25) is 0 Å². The molecule has 0 radical (unpaired) electrons. The fourth-order valence-electron chi connectivity index (χ4n) is 2.42. The van der Waals surface area contributed by atoms with Crippen LogP contribution in [0.3, 0.4) is 0 Å².